The van der Waals surface area contributed by atoms with Crippen molar-refractivity contribution in [1.82, 2.24) is 0 Å². The van der Waals surface area contributed by atoms with Gasteiger partial charge in [-0.25, -0.2) is 9.18 Å². The molecule has 0 saturated heterocycles. The summed E-state index contributed by atoms with van der Waals surface area (Å²) in [5.41, 5.74) is 0.00954. The Morgan fingerprint density at radius 2 is 2.20 bits per heavy atom. The first-order chi connectivity index (χ1) is 7.20. The van der Waals surface area contributed by atoms with Crippen LogP contribution in [0.5, 0.6) is 0 Å². The Bertz CT molecular complexity index is 352. The molecule has 0 aliphatic rings. The quantitative estimate of drug-likeness (QED) is 0.585. The lowest BCUT2D eigenvalue weighted by molar-refractivity contribution is 0.0520. The summed E-state index contributed by atoms with van der Waals surface area (Å²) in [4.78, 5) is 11.8. The molecule has 0 bridgehead atoms. The highest BCUT2D eigenvalue weighted by Gasteiger charge is 2.15. The summed E-state index contributed by atoms with van der Waals surface area (Å²) in [5, 5.41) is 0. The zero-order valence-electron chi connectivity index (χ0n) is 8.75. The molecule has 15 heavy (non-hydrogen) atoms. The van der Waals surface area contributed by atoms with Gasteiger partial charge in [0.25, 0.3) is 0 Å². The number of carbonyl (C=O) groups is 1. The Morgan fingerprint density at radius 3 is 2.80 bits per heavy atom. The standard InChI is InChI=1S/C11H13FO2S/c1-3-14-11(13)8-6-5-7-9(10(8)12)15-4-2/h5-7H,3-4H2,1-2H3. The van der Waals surface area contributed by atoms with Gasteiger partial charge in [-0.2, -0.15) is 0 Å². The normalized spacial score (nSPS) is 10.1. The highest BCUT2D eigenvalue weighted by atomic mass is 32.2. The van der Waals surface area contributed by atoms with E-state index in [1.54, 1.807) is 19.1 Å². The predicted octanol–water partition coefficient (Wildman–Crippen LogP) is 3.11. The zero-order chi connectivity index (χ0) is 11.3. The van der Waals surface area contributed by atoms with E-state index < -0.39 is 11.8 Å². The molecule has 1 aromatic rings. The molecule has 4 heteroatoms. The molecule has 0 aromatic heterocycles. The molecule has 0 fully saturated rings. The number of esters is 1. The molecule has 0 aliphatic carbocycles. The van der Waals surface area contributed by atoms with Crippen LogP contribution in [0.2, 0.25) is 0 Å². The Morgan fingerprint density at radius 1 is 1.47 bits per heavy atom. The molecule has 2 nitrogen and oxygen atoms in total. The van der Waals surface area contributed by atoms with E-state index in [2.05, 4.69) is 0 Å². The first-order valence-electron chi connectivity index (χ1n) is 4.79. The Kier molecular flexibility index (Phi) is 4.62. The number of benzene rings is 1. The minimum Gasteiger partial charge on any atom is -0.462 e. The minimum atomic E-state index is -0.603. The minimum absolute atomic E-state index is 0.00954. The lowest BCUT2D eigenvalue weighted by atomic mass is 10.2. The number of thioether (sulfide) groups is 1. The average Bonchev–Trinajstić information content (AvgIpc) is 2.22. The van der Waals surface area contributed by atoms with E-state index in [1.807, 2.05) is 6.92 Å². The van der Waals surface area contributed by atoms with Crippen LogP contribution < -0.4 is 0 Å². The van der Waals surface area contributed by atoms with Gasteiger partial charge in [-0.05, 0) is 24.8 Å². The largest absolute Gasteiger partial charge is 0.462 e. The summed E-state index contributed by atoms with van der Waals surface area (Å²) in [6, 6.07) is 4.76. The number of hydrogen-bond donors (Lipinski definition) is 0. The second kappa shape index (κ2) is 5.75. The molecule has 0 radical (unpaired) electrons. The van der Waals surface area contributed by atoms with Gasteiger partial charge in [0.05, 0.1) is 12.2 Å². The van der Waals surface area contributed by atoms with E-state index in [0.29, 0.717) is 4.90 Å². The van der Waals surface area contributed by atoms with Crippen molar-refractivity contribution in [3.8, 4) is 0 Å². The maximum absolute atomic E-state index is 13.7. The Balaban J connectivity index is 2.98. The van der Waals surface area contributed by atoms with Gasteiger partial charge in [0.15, 0.2) is 5.82 Å². The first kappa shape index (κ1) is 12.0. The van der Waals surface area contributed by atoms with E-state index in [9.17, 15) is 9.18 Å². The van der Waals surface area contributed by atoms with Crippen molar-refractivity contribution < 1.29 is 13.9 Å². The fourth-order valence-electron chi connectivity index (χ4n) is 1.14. The van der Waals surface area contributed by atoms with Gasteiger partial charge in [0.1, 0.15) is 0 Å². The lowest BCUT2D eigenvalue weighted by Crippen LogP contribution is -2.07. The molecule has 0 atom stereocenters. The number of carbonyl (C=O) groups excluding carboxylic acids is 1. The summed E-state index contributed by atoms with van der Waals surface area (Å²) in [6.45, 7) is 3.88. The summed E-state index contributed by atoms with van der Waals surface area (Å²) in [7, 11) is 0. The third kappa shape index (κ3) is 2.96. The van der Waals surface area contributed by atoms with E-state index in [1.165, 1.54) is 17.8 Å². The van der Waals surface area contributed by atoms with Crippen molar-refractivity contribution in [2.75, 3.05) is 12.4 Å². The molecule has 0 amide bonds. The molecule has 0 unspecified atom stereocenters. The molecular formula is C11H13FO2S. The number of hydrogen-bond acceptors (Lipinski definition) is 3. The fraction of sp³-hybridized carbons (Fsp3) is 0.364. The molecule has 0 aliphatic heterocycles. The molecule has 82 valence electrons. The van der Waals surface area contributed by atoms with Crippen molar-refractivity contribution >= 4 is 17.7 Å². The van der Waals surface area contributed by atoms with Gasteiger partial charge in [-0.3, -0.25) is 0 Å². The maximum Gasteiger partial charge on any atom is 0.341 e. The second-order valence-corrected chi connectivity index (χ2v) is 4.08. The van der Waals surface area contributed by atoms with Crippen molar-refractivity contribution in [2.45, 2.75) is 18.7 Å². The van der Waals surface area contributed by atoms with Crippen LogP contribution in [0, 0.1) is 5.82 Å². The molecule has 0 N–H and O–H groups in total. The van der Waals surface area contributed by atoms with E-state index in [-0.39, 0.29) is 12.2 Å². The van der Waals surface area contributed by atoms with Crippen LogP contribution in [-0.4, -0.2) is 18.3 Å². The lowest BCUT2D eigenvalue weighted by Gasteiger charge is -2.06. The van der Waals surface area contributed by atoms with Gasteiger partial charge in [0, 0.05) is 4.90 Å². The van der Waals surface area contributed by atoms with Crippen LogP contribution in [0.15, 0.2) is 23.1 Å². The predicted molar refractivity (Wildman–Crippen MR) is 58.8 cm³/mol. The number of halogens is 1. The Labute approximate surface area is 92.8 Å². The SMILES string of the molecule is CCOC(=O)c1cccc(SCC)c1F. The van der Waals surface area contributed by atoms with Crippen molar-refractivity contribution in [2.24, 2.45) is 0 Å². The molecule has 0 heterocycles. The van der Waals surface area contributed by atoms with Crippen LogP contribution in [0.25, 0.3) is 0 Å². The molecular weight excluding hydrogens is 215 g/mol. The van der Waals surface area contributed by atoms with Gasteiger partial charge in [-0.1, -0.05) is 13.0 Å². The maximum atomic E-state index is 13.7. The van der Waals surface area contributed by atoms with Gasteiger partial charge in [-0.15, -0.1) is 11.8 Å². The van der Waals surface area contributed by atoms with Crippen LogP contribution in [0.4, 0.5) is 4.39 Å². The zero-order valence-corrected chi connectivity index (χ0v) is 9.57. The monoisotopic (exact) mass is 228 g/mol. The smallest absolute Gasteiger partial charge is 0.341 e. The summed E-state index contributed by atoms with van der Waals surface area (Å²) in [5.74, 6) is -0.320. The van der Waals surface area contributed by atoms with Crippen molar-refractivity contribution in [3.05, 3.63) is 29.6 Å². The molecule has 0 saturated carbocycles. The van der Waals surface area contributed by atoms with E-state index in [0.717, 1.165) is 5.75 Å². The van der Waals surface area contributed by atoms with Gasteiger partial charge in [0.2, 0.25) is 0 Å². The second-order valence-electron chi connectivity index (χ2n) is 2.77. The van der Waals surface area contributed by atoms with Crippen LogP contribution >= 0.6 is 11.8 Å². The summed E-state index contributed by atoms with van der Waals surface area (Å²) in [6.07, 6.45) is 0. The third-order valence-electron chi connectivity index (χ3n) is 1.76. The average molecular weight is 228 g/mol. The molecule has 1 rings (SSSR count). The van der Waals surface area contributed by atoms with Gasteiger partial charge >= 0.3 is 5.97 Å². The summed E-state index contributed by atoms with van der Waals surface area (Å²) >= 11 is 1.37. The van der Waals surface area contributed by atoms with Crippen molar-refractivity contribution in [1.29, 1.82) is 0 Å². The van der Waals surface area contributed by atoms with Crippen molar-refractivity contribution in [3.63, 3.8) is 0 Å². The van der Waals surface area contributed by atoms with Crippen LogP contribution in [0.1, 0.15) is 24.2 Å². The highest BCUT2D eigenvalue weighted by molar-refractivity contribution is 7.99. The first-order valence-corrected chi connectivity index (χ1v) is 5.77. The molecule has 1 aromatic carbocycles. The third-order valence-corrected chi connectivity index (χ3v) is 2.67. The topological polar surface area (TPSA) is 26.3 Å². The van der Waals surface area contributed by atoms with Crippen LogP contribution in [-0.2, 0) is 4.74 Å². The Hall–Kier alpha value is -1.03. The van der Waals surface area contributed by atoms with E-state index in [4.69, 9.17) is 4.74 Å². The highest BCUT2D eigenvalue weighted by Crippen LogP contribution is 2.24. The number of ether oxygens (including phenoxy) is 1. The fourth-order valence-corrected chi connectivity index (χ4v) is 1.87. The van der Waals surface area contributed by atoms with Gasteiger partial charge < -0.3 is 4.74 Å². The van der Waals surface area contributed by atoms with Crippen LogP contribution in [0.3, 0.4) is 0 Å². The molecule has 0 spiro atoms. The number of rotatable bonds is 4. The van der Waals surface area contributed by atoms with E-state index >= 15 is 0 Å². The summed E-state index contributed by atoms with van der Waals surface area (Å²) < 4.78 is 18.5.